The molecule has 4 nitrogen and oxygen atoms in total. The molecular formula is C17H11Cl2FN2O2. The van der Waals surface area contributed by atoms with E-state index in [1.165, 1.54) is 18.3 Å². The Balaban J connectivity index is 2.11. The zero-order chi connectivity index (χ0) is 17.4. The molecule has 0 fully saturated rings. The molecule has 3 rings (SSSR count). The van der Waals surface area contributed by atoms with E-state index in [4.69, 9.17) is 23.2 Å². The highest BCUT2D eigenvalue weighted by molar-refractivity contribution is 6.40. The van der Waals surface area contributed by atoms with Crippen LogP contribution in [0.2, 0.25) is 10.0 Å². The van der Waals surface area contributed by atoms with Crippen LogP contribution in [-0.4, -0.2) is 10.5 Å². The minimum absolute atomic E-state index is 0.121. The van der Waals surface area contributed by atoms with Crippen molar-refractivity contribution in [1.82, 2.24) is 4.57 Å². The molecule has 0 aliphatic carbocycles. The minimum atomic E-state index is -0.670. The lowest BCUT2D eigenvalue weighted by Crippen LogP contribution is -2.23. The van der Waals surface area contributed by atoms with Gasteiger partial charge in [-0.1, -0.05) is 29.3 Å². The molecule has 0 atom stereocenters. The molecule has 1 heterocycles. The third kappa shape index (κ3) is 2.88. The molecule has 2 aromatic carbocycles. The van der Waals surface area contributed by atoms with Crippen molar-refractivity contribution in [3.8, 4) is 0 Å². The summed E-state index contributed by atoms with van der Waals surface area (Å²) in [6.45, 7) is 0. The molecule has 0 spiro atoms. The first-order valence-corrected chi connectivity index (χ1v) is 7.68. The molecule has 0 radical (unpaired) electrons. The van der Waals surface area contributed by atoms with E-state index < -0.39 is 17.2 Å². The minimum Gasteiger partial charge on any atom is -0.350 e. The van der Waals surface area contributed by atoms with Crippen molar-refractivity contribution in [3.63, 3.8) is 0 Å². The van der Waals surface area contributed by atoms with E-state index in [0.717, 1.165) is 6.07 Å². The number of rotatable bonds is 2. The lowest BCUT2D eigenvalue weighted by atomic mass is 10.1. The number of amides is 1. The molecule has 0 aliphatic heterocycles. The molecule has 0 saturated carbocycles. The van der Waals surface area contributed by atoms with Crippen LogP contribution in [0, 0.1) is 5.82 Å². The topological polar surface area (TPSA) is 51.1 Å². The summed E-state index contributed by atoms with van der Waals surface area (Å²) >= 11 is 12.0. The van der Waals surface area contributed by atoms with Gasteiger partial charge in [0.1, 0.15) is 11.4 Å². The van der Waals surface area contributed by atoms with Gasteiger partial charge in [0.2, 0.25) is 5.43 Å². The summed E-state index contributed by atoms with van der Waals surface area (Å²) < 4.78 is 15.0. The standard InChI is InChI=1S/C17H11Cl2FN2O2/c1-22-8-11(16(23)10-7-9(20)5-6-14(10)22)17(24)21-15-12(18)3-2-4-13(15)19/h2-8H,1H3,(H,21,24). The predicted octanol–water partition coefficient (Wildman–Crippen LogP) is 4.24. The van der Waals surface area contributed by atoms with Crippen LogP contribution in [0.4, 0.5) is 10.1 Å². The van der Waals surface area contributed by atoms with Crippen molar-refractivity contribution in [2.75, 3.05) is 5.32 Å². The number of fused-ring (bicyclic) bond motifs is 1. The molecule has 1 N–H and O–H groups in total. The SMILES string of the molecule is Cn1cc(C(=O)Nc2c(Cl)cccc2Cl)c(=O)c2cc(F)ccc21. The van der Waals surface area contributed by atoms with Crippen molar-refractivity contribution in [2.45, 2.75) is 0 Å². The van der Waals surface area contributed by atoms with Gasteiger partial charge >= 0.3 is 0 Å². The van der Waals surface area contributed by atoms with Crippen LogP contribution in [0.1, 0.15) is 10.4 Å². The van der Waals surface area contributed by atoms with Gasteiger partial charge in [-0.25, -0.2) is 4.39 Å². The van der Waals surface area contributed by atoms with E-state index in [1.807, 2.05) is 0 Å². The van der Waals surface area contributed by atoms with E-state index in [-0.39, 0.29) is 26.7 Å². The van der Waals surface area contributed by atoms with Gasteiger partial charge in [-0.05, 0) is 30.3 Å². The number of carbonyl (C=O) groups is 1. The van der Waals surface area contributed by atoms with Gasteiger partial charge in [-0.3, -0.25) is 9.59 Å². The van der Waals surface area contributed by atoms with Crippen LogP contribution >= 0.6 is 23.2 Å². The van der Waals surface area contributed by atoms with Crippen LogP contribution in [0.3, 0.4) is 0 Å². The fourth-order valence-electron chi connectivity index (χ4n) is 2.42. The van der Waals surface area contributed by atoms with E-state index in [2.05, 4.69) is 5.32 Å². The second-order valence-electron chi connectivity index (χ2n) is 5.20. The highest BCUT2D eigenvalue weighted by Gasteiger charge is 2.17. The molecule has 0 unspecified atom stereocenters. The van der Waals surface area contributed by atoms with Gasteiger partial charge in [0, 0.05) is 18.6 Å². The van der Waals surface area contributed by atoms with Crippen LogP contribution in [-0.2, 0) is 7.05 Å². The fourth-order valence-corrected chi connectivity index (χ4v) is 2.92. The molecule has 0 bridgehead atoms. The predicted molar refractivity (Wildman–Crippen MR) is 93.6 cm³/mol. The zero-order valence-corrected chi connectivity index (χ0v) is 14.0. The molecule has 24 heavy (non-hydrogen) atoms. The van der Waals surface area contributed by atoms with Crippen LogP contribution in [0.5, 0.6) is 0 Å². The quantitative estimate of drug-likeness (QED) is 0.739. The summed E-state index contributed by atoms with van der Waals surface area (Å²) in [5, 5.41) is 3.15. The van der Waals surface area contributed by atoms with Gasteiger partial charge in [0.05, 0.1) is 21.2 Å². The number of aryl methyl sites for hydroxylation is 1. The number of carbonyl (C=O) groups excluding carboxylic acids is 1. The van der Waals surface area contributed by atoms with E-state index >= 15 is 0 Å². The number of benzene rings is 2. The third-order valence-corrected chi connectivity index (χ3v) is 4.23. The Hall–Kier alpha value is -2.37. The largest absolute Gasteiger partial charge is 0.350 e. The number of halogens is 3. The fraction of sp³-hybridized carbons (Fsp3) is 0.0588. The summed E-state index contributed by atoms with van der Waals surface area (Å²) in [7, 11) is 1.67. The molecule has 1 amide bonds. The average molecular weight is 365 g/mol. The third-order valence-electron chi connectivity index (χ3n) is 3.60. The Kier molecular flexibility index (Phi) is 4.30. The molecular weight excluding hydrogens is 354 g/mol. The lowest BCUT2D eigenvalue weighted by Gasteiger charge is -2.11. The van der Waals surface area contributed by atoms with Crippen molar-refractivity contribution in [2.24, 2.45) is 7.05 Å². The second kappa shape index (κ2) is 6.26. The van der Waals surface area contributed by atoms with Gasteiger partial charge in [-0.2, -0.15) is 0 Å². The van der Waals surface area contributed by atoms with Gasteiger partial charge in [0.15, 0.2) is 0 Å². The van der Waals surface area contributed by atoms with Crippen LogP contribution in [0.15, 0.2) is 47.4 Å². The first kappa shape index (κ1) is 16.5. The smallest absolute Gasteiger partial charge is 0.261 e. The van der Waals surface area contributed by atoms with Crippen molar-refractivity contribution in [1.29, 1.82) is 0 Å². The first-order valence-electron chi connectivity index (χ1n) is 6.92. The van der Waals surface area contributed by atoms with E-state index in [9.17, 15) is 14.0 Å². The second-order valence-corrected chi connectivity index (χ2v) is 6.01. The molecule has 0 saturated heterocycles. The maximum absolute atomic E-state index is 13.5. The van der Waals surface area contributed by atoms with Crippen LogP contribution in [0.25, 0.3) is 10.9 Å². The first-order chi connectivity index (χ1) is 11.4. The Labute approximate surface area is 146 Å². The summed E-state index contributed by atoms with van der Waals surface area (Å²) in [4.78, 5) is 25.0. The highest BCUT2D eigenvalue weighted by Crippen LogP contribution is 2.30. The van der Waals surface area contributed by atoms with Gasteiger partial charge < -0.3 is 9.88 Å². The number of para-hydroxylation sites is 1. The Bertz CT molecular complexity index is 1010. The number of anilines is 1. The van der Waals surface area contributed by atoms with Crippen molar-refractivity contribution in [3.05, 3.63) is 74.2 Å². The lowest BCUT2D eigenvalue weighted by molar-refractivity contribution is 0.102. The maximum Gasteiger partial charge on any atom is 0.261 e. The Morgan fingerprint density at radius 1 is 1.17 bits per heavy atom. The normalized spacial score (nSPS) is 10.8. The van der Waals surface area contributed by atoms with E-state index in [1.54, 1.807) is 29.8 Å². The van der Waals surface area contributed by atoms with Gasteiger partial charge in [0.25, 0.3) is 5.91 Å². The van der Waals surface area contributed by atoms with Gasteiger partial charge in [-0.15, -0.1) is 0 Å². The number of nitrogens with one attached hydrogen (secondary N) is 1. The molecule has 7 heteroatoms. The molecule has 122 valence electrons. The van der Waals surface area contributed by atoms with Crippen LogP contribution < -0.4 is 10.7 Å². The number of hydrogen-bond donors (Lipinski definition) is 1. The maximum atomic E-state index is 13.5. The summed E-state index contributed by atoms with van der Waals surface area (Å²) in [6.07, 6.45) is 1.39. The molecule has 1 aromatic heterocycles. The van der Waals surface area contributed by atoms with Crippen molar-refractivity contribution >= 4 is 45.7 Å². The molecule has 0 aliphatic rings. The number of pyridine rings is 1. The zero-order valence-electron chi connectivity index (χ0n) is 12.4. The van der Waals surface area contributed by atoms with Crippen molar-refractivity contribution < 1.29 is 9.18 Å². The number of hydrogen-bond acceptors (Lipinski definition) is 2. The summed E-state index contributed by atoms with van der Waals surface area (Å²) in [6, 6.07) is 8.62. The Morgan fingerprint density at radius 2 is 1.83 bits per heavy atom. The Morgan fingerprint density at radius 3 is 2.50 bits per heavy atom. The number of aromatic nitrogens is 1. The van der Waals surface area contributed by atoms with E-state index in [0.29, 0.717) is 5.52 Å². The monoisotopic (exact) mass is 364 g/mol. The average Bonchev–Trinajstić information content (AvgIpc) is 2.54. The molecule has 3 aromatic rings. The summed E-state index contributed by atoms with van der Waals surface area (Å²) in [5.41, 5.74) is 0.0378. The highest BCUT2D eigenvalue weighted by atomic mass is 35.5. The summed E-state index contributed by atoms with van der Waals surface area (Å²) in [5.74, 6) is -1.22. The number of nitrogens with zero attached hydrogens (tertiary/aromatic N) is 1.